The Morgan fingerprint density at radius 1 is 1.28 bits per heavy atom. The van der Waals surface area contributed by atoms with Crippen molar-refractivity contribution in [3.05, 3.63) is 0 Å². The molecule has 0 heterocycles. The summed E-state index contributed by atoms with van der Waals surface area (Å²) in [5.74, 6) is 0.567. The molecule has 4 heteroatoms. The van der Waals surface area contributed by atoms with Gasteiger partial charge in [0.25, 0.3) is 0 Å². The molecule has 18 heavy (non-hydrogen) atoms. The highest BCUT2D eigenvalue weighted by molar-refractivity contribution is 5.81. The summed E-state index contributed by atoms with van der Waals surface area (Å²) in [4.78, 5) is 14.2. The average Bonchev–Trinajstić information content (AvgIpc) is 2.39. The van der Waals surface area contributed by atoms with Gasteiger partial charge in [-0.25, -0.2) is 0 Å². The van der Waals surface area contributed by atoms with Crippen LogP contribution in [0.4, 0.5) is 0 Å². The summed E-state index contributed by atoms with van der Waals surface area (Å²) in [6.07, 6.45) is 3.43. The van der Waals surface area contributed by atoms with Crippen molar-refractivity contribution in [3.8, 4) is 0 Å². The SMILES string of the molecule is CCCCCNC(=O)C(C)N(CC)CC(C)CN. The van der Waals surface area contributed by atoms with Gasteiger partial charge in [-0.15, -0.1) is 0 Å². The zero-order valence-electron chi connectivity index (χ0n) is 12.5. The number of rotatable bonds is 10. The molecule has 0 bridgehead atoms. The van der Waals surface area contributed by atoms with Crippen LogP contribution in [0, 0.1) is 5.92 Å². The molecular weight excluding hydrogens is 226 g/mol. The minimum Gasteiger partial charge on any atom is -0.355 e. The van der Waals surface area contributed by atoms with Crippen molar-refractivity contribution in [1.82, 2.24) is 10.2 Å². The number of carbonyl (C=O) groups is 1. The molecular formula is C14H31N3O. The molecule has 0 aliphatic carbocycles. The molecule has 0 rings (SSSR count). The lowest BCUT2D eigenvalue weighted by Crippen LogP contribution is -2.47. The maximum atomic E-state index is 12.0. The third kappa shape index (κ3) is 6.97. The monoisotopic (exact) mass is 257 g/mol. The Kier molecular flexibility index (Phi) is 9.98. The first kappa shape index (κ1) is 17.4. The molecule has 0 radical (unpaired) electrons. The summed E-state index contributed by atoms with van der Waals surface area (Å²) >= 11 is 0. The van der Waals surface area contributed by atoms with Crippen molar-refractivity contribution in [1.29, 1.82) is 0 Å². The predicted molar refractivity (Wildman–Crippen MR) is 77.5 cm³/mol. The van der Waals surface area contributed by atoms with Crippen molar-refractivity contribution in [2.45, 2.75) is 53.0 Å². The standard InChI is InChI=1S/C14H31N3O/c1-5-7-8-9-16-14(18)13(4)17(6-2)11-12(3)10-15/h12-13H,5-11,15H2,1-4H3,(H,16,18). The summed E-state index contributed by atoms with van der Waals surface area (Å²) in [5, 5.41) is 3.01. The molecule has 0 aliphatic rings. The van der Waals surface area contributed by atoms with E-state index in [1.807, 2.05) is 6.92 Å². The molecule has 0 aromatic heterocycles. The quantitative estimate of drug-likeness (QED) is 0.584. The Hall–Kier alpha value is -0.610. The Bertz CT molecular complexity index is 221. The normalized spacial score (nSPS) is 14.6. The van der Waals surface area contributed by atoms with E-state index in [9.17, 15) is 4.79 Å². The van der Waals surface area contributed by atoms with Gasteiger partial charge in [0, 0.05) is 13.1 Å². The first-order valence-electron chi connectivity index (χ1n) is 7.28. The van der Waals surface area contributed by atoms with Crippen LogP contribution in [0.2, 0.25) is 0 Å². The second kappa shape index (κ2) is 10.3. The Balaban J connectivity index is 4.06. The number of nitrogens with zero attached hydrogens (tertiary/aromatic N) is 1. The fourth-order valence-electron chi connectivity index (χ4n) is 1.94. The number of hydrogen-bond acceptors (Lipinski definition) is 3. The van der Waals surface area contributed by atoms with E-state index in [1.165, 1.54) is 12.8 Å². The van der Waals surface area contributed by atoms with Crippen molar-refractivity contribution < 1.29 is 4.79 Å². The number of unbranched alkanes of at least 4 members (excludes halogenated alkanes) is 2. The van der Waals surface area contributed by atoms with E-state index in [4.69, 9.17) is 5.73 Å². The van der Waals surface area contributed by atoms with E-state index in [0.29, 0.717) is 12.5 Å². The first-order chi connectivity index (χ1) is 8.56. The maximum absolute atomic E-state index is 12.0. The minimum absolute atomic E-state index is 0.0642. The smallest absolute Gasteiger partial charge is 0.237 e. The summed E-state index contributed by atoms with van der Waals surface area (Å²) in [6, 6.07) is -0.0642. The molecule has 108 valence electrons. The van der Waals surface area contributed by atoms with Gasteiger partial charge in [0.1, 0.15) is 0 Å². The van der Waals surface area contributed by atoms with Gasteiger partial charge >= 0.3 is 0 Å². The van der Waals surface area contributed by atoms with E-state index in [-0.39, 0.29) is 11.9 Å². The van der Waals surface area contributed by atoms with Crippen molar-refractivity contribution in [3.63, 3.8) is 0 Å². The van der Waals surface area contributed by atoms with Gasteiger partial charge in [-0.05, 0) is 32.4 Å². The van der Waals surface area contributed by atoms with Crippen molar-refractivity contribution >= 4 is 5.91 Å². The number of hydrogen-bond donors (Lipinski definition) is 2. The molecule has 4 nitrogen and oxygen atoms in total. The molecule has 3 N–H and O–H groups in total. The fraction of sp³-hybridized carbons (Fsp3) is 0.929. The van der Waals surface area contributed by atoms with Crippen molar-refractivity contribution in [2.75, 3.05) is 26.2 Å². The summed E-state index contributed by atoms with van der Waals surface area (Å²) in [5.41, 5.74) is 5.64. The van der Waals surface area contributed by atoms with Crippen LogP contribution in [0.15, 0.2) is 0 Å². The second-order valence-electron chi connectivity index (χ2n) is 5.10. The van der Waals surface area contributed by atoms with E-state index < -0.39 is 0 Å². The van der Waals surface area contributed by atoms with Crippen LogP contribution >= 0.6 is 0 Å². The average molecular weight is 257 g/mol. The van der Waals surface area contributed by atoms with Crippen LogP contribution < -0.4 is 11.1 Å². The molecule has 1 amide bonds. The van der Waals surface area contributed by atoms with Crippen LogP contribution in [0.1, 0.15) is 47.0 Å². The molecule has 0 saturated heterocycles. The predicted octanol–water partition coefficient (Wildman–Crippen LogP) is 1.60. The zero-order chi connectivity index (χ0) is 14.0. The third-order valence-corrected chi connectivity index (χ3v) is 3.36. The van der Waals surface area contributed by atoms with Crippen LogP contribution in [0.5, 0.6) is 0 Å². The van der Waals surface area contributed by atoms with E-state index in [2.05, 4.69) is 31.0 Å². The zero-order valence-corrected chi connectivity index (χ0v) is 12.5. The first-order valence-corrected chi connectivity index (χ1v) is 7.28. The van der Waals surface area contributed by atoms with E-state index in [0.717, 1.165) is 26.1 Å². The number of amides is 1. The maximum Gasteiger partial charge on any atom is 0.237 e. The van der Waals surface area contributed by atoms with Gasteiger partial charge in [-0.3, -0.25) is 9.69 Å². The highest BCUT2D eigenvalue weighted by Gasteiger charge is 2.20. The molecule has 0 saturated carbocycles. The van der Waals surface area contributed by atoms with Crippen LogP contribution in [-0.2, 0) is 4.79 Å². The Morgan fingerprint density at radius 2 is 1.94 bits per heavy atom. The van der Waals surface area contributed by atoms with Gasteiger partial charge in [-0.2, -0.15) is 0 Å². The fourth-order valence-corrected chi connectivity index (χ4v) is 1.94. The molecule has 2 unspecified atom stereocenters. The number of nitrogens with one attached hydrogen (secondary N) is 1. The largest absolute Gasteiger partial charge is 0.355 e. The molecule has 0 aromatic rings. The topological polar surface area (TPSA) is 58.4 Å². The molecule has 0 aliphatic heterocycles. The third-order valence-electron chi connectivity index (χ3n) is 3.36. The summed E-state index contributed by atoms with van der Waals surface area (Å²) in [6.45, 7) is 11.6. The van der Waals surface area contributed by atoms with Crippen LogP contribution in [0.25, 0.3) is 0 Å². The number of nitrogens with two attached hydrogens (primary N) is 1. The lowest BCUT2D eigenvalue weighted by molar-refractivity contribution is -0.126. The van der Waals surface area contributed by atoms with Crippen LogP contribution in [-0.4, -0.2) is 43.0 Å². The molecule has 0 fully saturated rings. The Labute approximate surface area is 112 Å². The van der Waals surface area contributed by atoms with Gasteiger partial charge in [-0.1, -0.05) is 33.6 Å². The summed E-state index contributed by atoms with van der Waals surface area (Å²) < 4.78 is 0. The van der Waals surface area contributed by atoms with E-state index in [1.54, 1.807) is 0 Å². The van der Waals surface area contributed by atoms with Crippen molar-refractivity contribution in [2.24, 2.45) is 11.7 Å². The lowest BCUT2D eigenvalue weighted by atomic mass is 10.1. The molecule has 2 atom stereocenters. The van der Waals surface area contributed by atoms with Gasteiger partial charge in [0.05, 0.1) is 6.04 Å². The van der Waals surface area contributed by atoms with Gasteiger partial charge in [0.15, 0.2) is 0 Å². The van der Waals surface area contributed by atoms with E-state index >= 15 is 0 Å². The Morgan fingerprint density at radius 3 is 2.44 bits per heavy atom. The highest BCUT2D eigenvalue weighted by Crippen LogP contribution is 2.04. The van der Waals surface area contributed by atoms with Gasteiger partial charge < -0.3 is 11.1 Å². The molecule has 0 aromatic carbocycles. The minimum atomic E-state index is -0.0642. The van der Waals surface area contributed by atoms with Gasteiger partial charge in [0.2, 0.25) is 5.91 Å². The lowest BCUT2D eigenvalue weighted by Gasteiger charge is -2.29. The number of likely N-dealkylation sites (N-methyl/N-ethyl adjacent to an activating group) is 1. The highest BCUT2D eigenvalue weighted by atomic mass is 16.2. The number of carbonyl (C=O) groups excluding carboxylic acids is 1. The second-order valence-corrected chi connectivity index (χ2v) is 5.10. The molecule has 0 spiro atoms. The van der Waals surface area contributed by atoms with Crippen LogP contribution in [0.3, 0.4) is 0 Å². The summed E-state index contributed by atoms with van der Waals surface area (Å²) in [7, 11) is 0.